The zero-order valence-electron chi connectivity index (χ0n) is 9.35. The molecular weight excluding hydrogens is 282 g/mol. The van der Waals surface area contributed by atoms with E-state index in [1.165, 1.54) is 0 Å². The number of aryl methyl sites for hydroxylation is 1. The van der Waals surface area contributed by atoms with E-state index in [1.54, 1.807) is 10.7 Å². The summed E-state index contributed by atoms with van der Waals surface area (Å²) >= 11 is 3.41. The first kappa shape index (κ1) is 12.0. The quantitative estimate of drug-likeness (QED) is 0.918. The van der Waals surface area contributed by atoms with E-state index < -0.39 is 0 Å². The molecule has 0 radical (unpaired) electrons. The van der Waals surface area contributed by atoms with E-state index in [0.29, 0.717) is 5.69 Å². The molecule has 0 aliphatic rings. The summed E-state index contributed by atoms with van der Waals surface area (Å²) in [6, 6.07) is 9.27. The van der Waals surface area contributed by atoms with Crippen molar-refractivity contribution < 1.29 is 0 Å². The lowest BCUT2D eigenvalue weighted by atomic mass is 10.3. The lowest BCUT2D eigenvalue weighted by molar-refractivity contribution is 0.750. The first-order valence-corrected chi connectivity index (χ1v) is 5.97. The summed E-state index contributed by atoms with van der Waals surface area (Å²) in [5.74, 6) is 0. The Labute approximate surface area is 107 Å². The highest BCUT2D eigenvalue weighted by molar-refractivity contribution is 9.10. The van der Waals surface area contributed by atoms with Crippen LogP contribution in [0.3, 0.4) is 0 Å². The van der Waals surface area contributed by atoms with E-state index in [9.17, 15) is 4.79 Å². The molecule has 2 aromatic rings. The van der Waals surface area contributed by atoms with Crippen molar-refractivity contribution in [1.82, 2.24) is 9.78 Å². The molecule has 0 unspecified atom stereocenters. The second-order valence-corrected chi connectivity index (χ2v) is 4.61. The summed E-state index contributed by atoms with van der Waals surface area (Å²) in [5, 5.41) is 4.26. The lowest BCUT2D eigenvalue weighted by Gasteiger charge is -2.10. The third-order valence-corrected chi connectivity index (χ3v) is 2.92. The molecule has 0 spiro atoms. The Morgan fingerprint density at radius 3 is 2.82 bits per heavy atom. The van der Waals surface area contributed by atoms with Crippen LogP contribution in [0, 0.1) is 6.92 Å². The van der Waals surface area contributed by atoms with Gasteiger partial charge in [-0.2, -0.15) is 5.10 Å². The van der Waals surface area contributed by atoms with Crippen molar-refractivity contribution >= 4 is 15.9 Å². The van der Waals surface area contributed by atoms with Gasteiger partial charge in [0.1, 0.15) is 5.69 Å². The molecule has 2 N–H and O–H groups in total. The van der Waals surface area contributed by atoms with E-state index in [0.717, 1.165) is 15.9 Å². The average Bonchev–Trinajstić information content (AvgIpc) is 2.29. The molecule has 5 heteroatoms. The third kappa shape index (κ3) is 2.45. The summed E-state index contributed by atoms with van der Waals surface area (Å²) < 4.78 is 2.68. The van der Waals surface area contributed by atoms with Gasteiger partial charge in [-0.05, 0) is 25.1 Å². The first-order chi connectivity index (χ1) is 8.11. The maximum atomic E-state index is 11.6. The van der Waals surface area contributed by atoms with Gasteiger partial charge in [-0.15, -0.1) is 0 Å². The Hall–Kier alpha value is -1.46. The first-order valence-electron chi connectivity index (χ1n) is 5.17. The number of halogens is 1. The predicted octanol–water partition coefficient (Wildman–Crippen LogP) is 1.76. The molecule has 1 aromatic heterocycles. The summed E-state index contributed by atoms with van der Waals surface area (Å²) in [5.41, 5.74) is 7.43. The van der Waals surface area contributed by atoms with E-state index in [-0.39, 0.29) is 12.0 Å². The van der Waals surface area contributed by atoms with Gasteiger partial charge in [-0.3, -0.25) is 4.79 Å². The Bertz CT molecular complexity index is 607. The van der Waals surface area contributed by atoms with E-state index >= 15 is 0 Å². The Balaban J connectivity index is 2.63. The van der Waals surface area contributed by atoms with Crippen molar-refractivity contribution in [3.8, 4) is 5.69 Å². The van der Waals surface area contributed by atoms with Crippen LogP contribution < -0.4 is 11.2 Å². The Kier molecular flexibility index (Phi) is 3.40. The molecule has 88 valence electrons. The second-order valence-electron chi connectivity index (χ2n) is 3.69. The van der Waals surface area contributed by atoms with Crippen molar-refractivity contribution in [2.24, 2.45) is 5.73 Å². The largest absolute Gasteiger partial charge is 0.325 e. The van der Waals surface area contributed by atoms with Crippen molar-refractivity contribution in [2.75, 3.05) is 0 Å². The van der Waals surface area contributed by atoms with Crippen LogP contribution in [-0.2, 0) is 6.54 Å². The Morgan fingerprint density at radius 2 is 2.18 bits per heavy atom. The molecule has 17 heavy (non-hydrogen) atoms. The lowest BCUT2D eigenvalue weighted by Crippen LogP contribution is -2.21. The van der Waals surface area contributed by atoms with Crippen molar-refractivity contribution in [3.63, 3.8) is 0 Å². The number of benzene rings is 1. The minimum absolute atomic E-state index is 0.115. The zero-order chi connectivity index (χ0) is 12.4. The molecule has 1 aromatic carbocycles. The van der Waals surface area contributed by atoms with Gasteiger partial charge in [0, 0.05) is 22.8 Å². The molecule has 0 amide bonds. The van der Waals surface area contributed by atoms with E-state index in [1.807, 2.05) is 31.2 Å². The van der Waals surface area contributed by atoms with Crippen LogP contribution in [0.25, 0.3) is 5.69 Å². The smallest absolute Gasteiger partial charge is 0.204 e. The van der Waals surface area contributed by atoms with Gasteiger partial charge >= 0.3 is 0 Å². The molecular formula is C12H12BrN3O. The highest BCUT2D eigenvalue weighted by atomic mass is 79.9. The summed E-state index contributed by atoms with van der Waals surface area (Å²) in [7, 11) is 0. The maximum absolute atomic E-state index is 11.6. The third-order valence-electron chi connectivity index (χ3n) is 2.43. The number of rotatable bonds is 2. The molecule has 0 aliphatic heterocycles. The van der Waals surface area contributed by atoms with Crippen LogP contribution in [0.5, 0.6) is 0 Å². The molecule has 0 aliphatic carbocycles. The standard InChI is InChI=1S/C12H12BrN3O/c1-8-5-12(17)11(7-14)15-16(8)10-4-2-3-9(13)6-10/h2-6H,7,14H2,1H3. The molecule has 0 bridgehead atoms. The van der Waals surface area contributed by atoms with Gasteiger partial charge in [0.15, 0.2) is 0 Å². The number of aromatic nitrogens is 2. The highest BCUT2D eigenvalue weighted by Gasteiger charge is 2.06. The van der Waals surface area contributed by atoms with Gasteiger partial charge in [0.25, 0.3) is 0 Å². The van der Waals surface area contributed by atoms with E-state index in [2.05, 4.69) is 21.0 Å². The number of hydrogen-bond donors (Lipinski definition) is 1. The van der Waals surface area contributed by atoms with Crippen molar-refractivity contribution in [3.05, 3.63) is 56.4 Å². The summed E-state index contributed by atoms with van der Waals surface area (Å²) in [4.78, 5) is 11.6. The SMILES string of the molecule is Cc1cc(=O)c(CN)nn1-c1cccc(Br)c1. The van der Waals surface area contributed by atoms with Crippen molar-refractivity contribution in [1.29, 1.82) is 0 Å². The van der Waals surface area contributed by atoms with Gasteiger partial charge in [-0.1, -0.05) is 22.0 Å². The molecule has 4 nitrogen and oxygen atoms in total. The number of hydrogen-bond acceptors (Lipinski definition) is 3. The fourth-order valence-electron chi connectivity index (χ4n) is 1.59. The normalized spacial score (nSPS) is 10.5. The average molecular weight is 294 g/mol. The highest BCUT2D eigenvalue weighted by Crippen LogP contribution is 2.15. The zero-order valence-corrected chi connectivity index (χ0v) is 10.9. The van der Waals surface area contributed by atoms with Gasteiger partial charge in [-0.25, -0.2) is 4.68 Å². The topological polar surface area (TPSA) is 60.9 Å². The summed E-state index contributed by atoms with van der Waals surface area (Å²) in [6.45, 7) is 1.99. The van der Waals surface area contributed by atoms with Crippen LogP contribution >= 0.6 is 15.9 Å². The molecule has 0 atom stereocenters. The molecule has 0 saturated carbocycles. The Morgan fingerprint density at radius 1 is 1.41 bits per heavy atom. The fourth-order valence-corrected chi connectivity index (χ4v) is 1.98. The minimum Gasteiger partial charge on any atom is -0.325 e. The van der Waals surface area contributed by atoms with Crippen LogP contribution in [-0.4, -0.2) is 9.78 Å². The number of nitrogens with zero attached hydrogens (tertiary/aromatic N) is 2. The molecule has 1 heterocycles. The van der Waals surface area contributed by atoms with Crippen LogP contribution in [0.4, 0.5) is 0 Å². The van der Waals surface area contributed by atoms with E-state index in [4.69, 9.17) is 5.73 Å². The number of nitrogens with two attached hydrogens (primary N) is 1. The molecule has 0 fully saturated rings. The van der Waals surface area contributed by atoms with Crippen LogP contribution in [0.1, 0.15) is 11.4 Å². The fraction of sp³-hybridized carbons (Fsp3) is 0.167. The molecule has 2 rings (SSSR count). The second kappa shape index (κ2) is 4.81. The monoisotopic (exact) mass is 293 g/mol. The molecule has 0 saturated heterocycles. The minimum atomic E-state index is -0.115. The van der Waals surface area contributed by atoms with Gasteiger partial charge < -0.3 is 5.73 Å². The van der Waals surface area contributed by atoms with Gasteiger partial charge in [0.2, 0.25) is 5.43 Å². The summed E-state index contributed by atoms with van der Waals surface area (Å²) in [6.07, 6.45) is 0. The van der Waals surface area contributed by atoms with Gasteiger partial charge in [0.05, 0.1) is 5.69 Å². The van der Waals surface area contributed by atoms with Crippen molar-refractivity contribution in [2.45, 2.75) is 13.5 Å². The predicted molar refractivity (Wildman–Crippen MR) is 70.2 cm³/mol. The maximum Gasteiger partial charge on any atom is 0.204 e. The van der Waals surface area contributed by atoms with Crippen LogP contribution in [0.2, 0.25) is 0 Å². The van der Waals surface area contributed by atoms with Crippen LogP contribution in [0.15, 0.2) is 39.6 Å².